The number of methoxy groups -OCH3 is 1. The van der Waals surface area contributed by atoms with Gasteiger partial charge in [-0.15, -0.1) is 0 Å². The van der Waals surface area contributed by atoms with Crippen LogP contribution in [0.5, 0.6) is 5.75 Å². The molecule has 0 spiro atoms. The summed E-state index contributed by atoms with van der Waals surface area (Å²) in [5.74, 6) is 0.0790. The van der Waals surface area contributed by atoms with E-state index in [9.17, 15) is 9.18 Å². The van der Waals surface area contributed by atoms with Crippen LogP contribution in [-0.4, -0.2) is 39.0 Å². The molecule has 0 saturated heterocycles. The second kappa shape index (κ2) is 6.37. The van der Waals surface area contributed by atoms with E-state index < -0.39 is 5.82 Å². The van der Waals surface area contributed by atoms with Crippen LogP contribution < -0.4 is 10.4 Å². The molecule has 5 rings (SSSR count). The largest absolute Gasteiger partial charge is 0.496 e. The Bertz CT molecular complexity index is 1410. The SMILES string of the molecule is COc1cc2ncc3c(c2cc1C1=CCN=C1)n(-c1ccncc1F)c(=O)n3C. The maximum Gasteiger partial charge on any atom is 0.333 e. The third kappa shape index (κ3) is 2.49. The molecule has 0 aliphatic carbocycles. The molecule has 0 unspecified atom stereocenters. The number of halogens is 1. The molecule has 0 N–H and O–H groups in total. The van der Waals surface area contributed by atoms with E-state index in [2.05, 4.69) is 15.0 Å². The Labute approximate surface area is 164 Å². The zero-order chi connectivity index (χ0) is 20.1. The number of hydrogen-bond acceptors (Lipinski definition) is 5. The number of benzene rings is 1. The van der Waals surface area contributed by atoms with E-state index in [1.807, 2.05) is 18.2 Å². The highest BCUT2D eigenvalue weighted by Crippen LogP contribution is 2.34. The minimum atomic E-state index is -0.577. The van der Waals surface area contributed by atoms with Crippen LogP contribution in [0.25, 0.3) is 33.2 Å². The predicted octanol–water partition coefficient (Wildman–Crippen LogP) is 2.89. The van der Waals surface area contributed by atoms with E-state index in [4.69, 9.17) is 4.74 Å². The normalized spacial score (nSPS) is 13.4. The van der Waals surface area contributed by atoms with Gasteiger partial charge in [-0.05, 0) is 12.1 Å². The molecule has 0 bridgehead atoms. The average Bonchev–Trinajstić information content (AvgIpc) is 3.35. The van der Waals surface area contributed by atoms with E-state index in [1.165, 1.54) is 21.4 Å². The Morgan fingerprint density at radius 2 is 2.10 bits per heavy atom. The fourth-order valence-electron chi connectivity index (χ4n) is 3.73. The van der Waals surface area contributed by atoms with E-state index >= 15 is 0 Å². The summed E-state index contributed by atoms with van der Waals surface area (Å²) in [6, 6.07) is 5.22. The standard InChI is InChI=1S/C21H16FN5O2/c1-26-18-11-25-16-8-19(29-2)13(12-3-5-23-9-12)7-14(16)20(18)27(21(26)28)17-4-6-24-10-15(17)22/h3-4,6-11H,5H2,1-2H3. The third-order valence-electron chi connectivity index (χ3n) is 5.15. The molecule has 0 amide bonds. The number of aryl methyl sites for hydroxylation is 1. The molecule has 0 radical (unpaired) electrons. The Balaban J connectivity index is 1.95. The Hall–Kier alpha value is -3.81. The van der Waals surface area contributed by atoms with Gasteiger partial charge in [-0.3, -0.25) is 24.1 Å². The van der Waals surface area contributed by atoms with Gasteiger partial charge < -0.3 is 4.74 Å². The van der Waals surface area contributed by atoms with Gasteiger partial charge in [-0.25, -0.2) is 9.18 Å². The summed E-state index contributed by atoms with van der Waals surface area (Å²) >= 11 is 0. The zero-order valence-electron chi connectivity index (χ0n) is 15.8. The van der Waals surface area contributed by atoms with Gasteiger partial charge in [-0.2, -0.15) is 0 Å². The second-order valence-electron chi connectivity index (χ2n) is 6.72. The Kier molecular flexibility index (Phi) is 3.80. The molecule has 1 aromatic carbocycles. The molecule has 4 aromatic rings. The van der Waals surface area contributed by atoms with E-state index in [1.54, 1.807) is 26.6 Å². The molecule has 144 valence electrons. The van der Waals surface area contributed by atoms with Crippen molar-refractivity contribution in [1.29, 1.82) is 0 Å². The fraction of sp³-hybridized carbons (Fsp3) is 0.143. The number of allylic oxidation sites excluding steroid dienone is 1. The number of pyridine rings is 2. The van der Waals surface area contributed by atoms with Crippen LogP contribution in [-0.2, 0) is 7.05 Å². The molecule has 0 fully saturated rings. The van der Waals surface area contributed by atoms with Crippen LogP contribution in [0.3, 0.4) is 0 Å². The van der Waals surface area contributed by atoms with Crippen molar-refractivity contribution in [3.05, 3.63) is 64.7 Å². The first-order valence-electron chi connectivity index (χ1n) is 8.98. The van der Waals surface area contributed by atoms with E-state index in [0.717, 1.165) is 17.3 Å². The highest BCUT2D eigenvalue weighted by molar-refractivity contribution is 6.15. The molecular weight excluding hydrogens is 373 g/mol. The predicted molar refractivity (Wildman–Crippen MR) is 109 cm³/mol. The molecule has 4 heterocycles. The lowest BCUT2D eigenvalue weighted by Gasteiger charge is -2.12. The number of aromatic nitrogens is 4. The average molecular weight is 389 g/mol. The first kappa shape index (κ1) is 17.3. The van der Waals surface area contributed by atoms with Gasteiger partial charge in [0.1, 0.15) is 5.75 Å². The van der Waals surface area contributed by atoms with E-state index in [0.29, 0.717) is 34.2 Å². The van der Waals surface area contributed by atoms with Crippen molar-refractivity contribution in [3.8, 4) is 11.4 Å². The first-order chi connectivity index (χ1) is 14.1. The maximum absolute atomic E-state index is 14.5. The summed E-state index contributed by atoms with van der Waals surface area (Å²) in [5.41, 5.74) is 3.37. The molecule has 29 heavy (non-hydrogen) atoms. The van der Waals surface area contributed by atoms with Crippen molar-refractivity contribution in [2.45, 2.75) is 0 Å². The number of fused-ring (bicyclic) bond motifs is 3. The lowest BCUT2D eigenvalue weighted by atomic mass is 10.0. The van der Waals surface area contributed by atoms with Crippen LogP contribution in [0.15, 0.2) is 52.7 Å². The third-order valence-corrected chi connectivity index (χ3v) is 5.15. The van der Waals surface area contributed by atoms with Gasteiger partial charge in [0, 0.05) is 42.0 Å². The van der Waals surface area contributed by atoms with Crippen molar-refractivity contribution >= 4 is 33.7 Å². The van der Waals surface area contributed by atoms with Crippen molar-refractivity contribution in [2.24, 2.45) is 12.0 Å². The van der Waals surface area contributed by atoms with Crippen molar-refractivity contribution < 1.29 is 9.13 Å². The van der Waals surface area contributed by atoms with E-state index in [-0.39, 0.29) is 11.4 Å². The summed E-state index contributed by atoms with van der Waals surface area (Å²) < 4.78 is 22.9. The molecule has 0 saturated carbocycles. The number of rotatable bonds is 3. The molecular formula is C21H16FN5O2. The van der Waals surface area contributed by atoms with Gasteiger partial charge >= 0.3 is 5.69 Å². The molecule has 3 aromatic heterocycles. The highest BCUT2D eigenvalue weighted by Gasteiger charge is 2.20. The maximum atomic E-state index is 14.5. The monoisotopic (exact) mass is 389 g/mol. The quantitative estimate of drug-likeness (QED) is 0.540. The number of aliphatic imine (C=N–C) groups is 1. The van der Waals surface area contributed by atoms with Crippen LogP contribution >= 0.6 is 0 Å². The molecule has 1 aliphatic rings. The van der Waals surface area contributed by atoms with Crippen molar-refractivity contribution in [2.75, 3.05) is 13.7 Å². The lowest BCUT2D eigenvalue weighted by molar-refractivity contribution is 0.414. The highest BCUT2D eigenvalue weighted by atomic mass is 19.1. The Morgan fingerprint density at radius 3 is 2.83 bits per heavy atom. The fourth-order valence-corrected chi connectivity index (χ4v) is 3.73. The summed E-state index contributed by atoms with van der Waals surface area (Å²) in [7, 11) is 3.24. The topological polar surface area (TPSA) is 74.3 Å². The summed E-state index contributed by atoms with van der Waals surface area (Å²) in [6.07, 6.45) is 7.96. The van der Waals surface area contributed by atoms with Crippen LogP contribution in [0.2, 0.25) is 0 Å². The van der Waals surface area contributed by atoms with Crippen molar-refractivity contribution in [1.82, 2.24) is 19.1 Å². The molecule has 7 nitrogen and oxygen atoms in total. The summed E-state index contributed by atoms with van der Waals surface area (Å²) in [5, 5.41) is 0.716. The first-order valence-corrected chi connectivity index (χ1v) is 8.98. The van der Waals surface area contributed by atoms with Gasteiger partial charge in [0.25, 0.3) is 0 Å². The Morgan fingerprint density at radius 1 is 1.24 bits per heavy atom. The number of imidazole rings is 1. The lowest BCUT2D eigenvalue weighted by Crippen LogP contribution is -2.21. The smallest absolute Gasteiger partial charge is 0.333 e. The zero-order valence-corrected chi connectivity index (χ0v) is 15.8. The van der Waals surface area contributed by atoms with Gasteiger partial charge in [0.15, 0.2) is 5.82 Å². The molecule has 0 atom stereocenters. The molecule has 8 heteroatoms. The number of ether oxygens (including phenoxy) is 1. The second-order valence-corrected chi connectivity index (χ2v) is 6.72. The minimum Gasteiger partial charge on any atom is -0.496 e. The summed E-state index contributed by atoms with van der Waals surface area (Å²) in [6.45, 7) is 0.608. The summed E-state index contributed by atoms with van der Waals surface area (Å²) in [4.78, 5) is 25.5. The van der Waals surface area contributed by atoms with Gasteiger partial charge in [0.05, 0.1) is 48.3 Å². The van der Waals surface area contributed by atoms with Gasteiger partial charge in [-0.1, -0.05) is 6.08 Å². The minimum absolute atomic E-state index is 0.141. The van der Waals surface area contributed by atoms with Crippen molar-refractivity contribution in [3.63, 3.8) is 0 Å². The number of hydrogen-bond donors (Lipinski definition) is 0. The molecule has 1 aliphatic heterocycles. The van der Waals surface area contributed by atoms with Crippen LogP contribution in [0, 0.1) is 5.82 Å². The van der Waals surface area contributed by atoms with Crippen LogP contribution in [0.4, 0.5) is 4.39 Å². The van der Waals surface area contributed by atoms with Crippen LogP contribution in [0.1, 0.15) is 5.56 Å². The number of nitrogens with zero attached hydrogens (tertiary/aromatic N) is 5. The van der Waals surface area contributed by atoms with Gasteiger partial charge in [0.2, 0.25) is 0 Å².